The highest BCUT2D eigenvalue weighted by atomic mass is 35.5. The van der Waals surface area contributed by atoms with E-state index in [4.69, 9.17) is 26.3 Å². The zero-order valence-corrected chi connectivity index (χ0v) is 11.1. The zero-order valence-electron chi connectivity index (χ0n) is 10.3. The third-order valence-electron chi connectivity index (χ3n) is 2.43. The first-order valence-corrected chi connectivity index (χ1v) is 6.01. The molecule has 0 N–H and O–H groups in total. The number of carbonyl (C=O) groups is 1. The first-order valence-electron chi connectivity index (χ1n) is 5.48. The monoisotopic (exact) mass is 267 g/mol. The minimum Gasteiger partial charge on any atom is -0.495 e. The molecule has 0 bridgehead atoms. The highest BCUT2D eigenvalue weighted by Gasteiger charge is 2.16. The molecule has 0 unspecified atom stereocenters. The predicted octanol–water partition coefficient (Wildman–Crippen LogP) is 2.41. The van der Waals surface area contributed by atoms with Gasteiger partial charge in [0.15, 0.2) is 0 Å². The zero-order chi connectivity index (χ0) is 13.5. The van der Waals surface area contributed by atoms with Gasteiger partial charge in [0, 0.05) is 5.56 Å². The Hall–Kier alpha value is -1.73. The fraction of sp³-hybridized carbons (Fsp3) is 0.385. The van der Waals surface area contributed by atoms with Gasteiger partial charge in [-0.25, -0.2) is 0 Å². The number of hydrogen-bond acceptors (Lipinski definition) is 4. The third kappa shape index (κ3) is 3.14. The number of nitriles is 1. The minimum absolute atomic E-state index is 0.0512. The number of halogens is 1. The molecule has 0 spiro atoms. The second-order valence-electron chi connectivity index (χ2n) is 3.52. The molecule has 0 saturated heterocycles. The predicted molar refractivity (Wildman–Crippen MR) is 67.6 cm³/mol. The lowest BCUT2D eigenvalue weighted by Crippen LogP contribution is -2.09. The summed E-state index contributed by atoms with van der Waals surface area (Å²) in [7, 11) is 1.47. The number of rotatable bonds is 5. The van der Waals surface area contributed by atoms with Crippen molar-refractivity contribution in [3.8, 4) is 11.8 Å². The SMILES string of the molecule is CCOC(=O)Cc1ccc(CCl)c(OC)c1C#N. The average Bonchev–Trinajstić information content (AvgIpc) is 2.38. The summed E-state index contributed by atoms with van der Waals surface area (Å²) < 4.78 is 10.0. The van der Waals surface area contributed by atoms with Gasteiger partial charge in [-0.1, -0.05) is 12.1 Å². The molecule has 1 aromatic rings. The van der Waals surface area contributed by atoms with Gasteiger partial charge in [-0.2, -0.15) is 5.26 Å². The Kier molecular flexibility index (Phi) is 5.47. The smallest absolute Gasteiger partial charge is 0.310 e. The lowest BCUT2D eigenvalue weighted by atomic mass is 10.0. The van der Waals surface area contributed by atoms with E-state index >= 15 is 0 Å². The molecule has 4 nitrogen and oxygen atoms in total. The molecule has 0 heterocycles. The van der Waals surface area contributed by atoms with E-state index in [1.807, 2.05) is 6.07 Å². The molecule has 0 atom stereocenters. The summed E-state index contributed by atoms with van der Waals surface area (Å²) in [6.07, 6.45) is 0.0512. The van der Waals surface area contributed by atoms with Crippen LogP contribution >= 0.6 is 11.6 Å². The highest BCUT2D eigenvalue weighted by Crippen LogP contribution is 2.28. The van der Waals surface area contributed by atoms with Crippen molar-refractivity contribution in [1.29, 1.82) is 5.26 Å². The Morgan fingerprint density at radius 3 is 2.61 bits per heavy atom. The summed E-state index contributed by atoms with van der Waals surface area (Å²) in [4.78, 5) is 11.4. The summed E-state index contributed by atoms with van der Waals surface area (Å²) in [5, 5.41) is 9.17. The van der Waals surface area contributed by atoms with Crippen LogP contribution in [0.15, 0.2) is 12.1 Å². The van der Waals surface area contributed by atoms with E-state index in [-0.39, 0.29) is 18.3 Å². The van der Waals surface area contributed by atoms with Crippen molar-refractivity contribution in [2.24, 2.45) is 0 Å². The number of ether oxygens (including phenoxy) is 2. The Morgan fingerprint density at radius 1 is 1.44 bits per heavy atom. The van der Waals surface area contributed by atoms with Crippen LogP contribution in [0.5, 0.6) is 5.75 Å². The van der Waals surface area contributed by atoms with Crippen LogP contribution < -0.4 is 4.74 Å². The van der Waals surface area contributed by atoms with Gasteiger partial charge in [0.05, 0.1) is 31.6 Å². The van der Waals surface area contributed by atoms with Crippen molar-refractivity contribution in [2.75, 3.05) is 13.7 Å². The summed E-state index contributed by atoms with van der Waals surface area (Å²) in [6, 6.07) is 5.50. The van der Waals surface area contributed by atoms with E-state index in [1.54, 1.807) is 19.1 Å². The second kappa shape index (κ2) is 6.87. The standard InChI is InChI=1S/C13H14ClNO3/c1-3-18-12(16)6-9-4-5-10(7-14)13(17-2)11(9)8-15/h4-5H,3,6-7H2,1-2H3. The Bertz CT molecular complexity index is 480. The molecule has 0 aromatic heterocycles. The minimum atomic E-state index is -0.366. The van der Waals surface area contributed by atoms with Crippen molar-refractivity contribution in [3.05, 3.63) is 28.8 Å². The molecule has 0 amide bonds. The number of esters is 1. The lowest BCUT2D eigenvalue weighted by molar-refractivity contribution is -0.142. The summed E-state index contributed by atoms with van der Waals surface area (Å²) in [6.45, 7) is 2.05. The summed E-state index contributed by atoms with van der Waals surface area (Å²) >= 11 is 5.77. The summed E-state index contributed by atoms with van der Waals surface area (Å²) in [5.41, 5.74) is 1.65. The van der Waals surface area contributed by atoms with Crippen LogP contribution in [0.2, 0.25) is 0 Å². The molecule has 0 saturated carbocycles. The first kappa shape index (κ1) is 14.3. The van der Waals surface area contributed by atoms with E-state index in [1.165, 1.54) is 7.11 Å². The Labute approximate surface area is 111 Å². The van der Waals surface area contributed by atoms with Crippen LogP contribution in [0.1, 0.15) is 23.6 Å². The van der Waals surface area contributed by atoms with Crippen LogP contribution in [0.4, 0.5) is 0 Å². The average molecular weight is 268 g/mol. The number of alkyl halides is 1. The van der Waals surface area contributed by atoms with Crippen molar-refractivity contribution in [2.45, 2.75) is 19.2 Å². The maximum absolute atomic E-state index is 11.4. The van der Waals surface area contributed by atoms with Gasteiger partial charge < -0.3 is 9.47 Å². The lowest BCUT2D eigenvalue weighted by Gasteiger charge is -2.11. The van der Waals surface area contributed by atoms with Crippen molar-refractivity contribution < 1.29 is 14.3 Å². The number of carbonyl (C=O) groups excluding carboxylic acids is 1. The molecule has 0 radical (unpaired) electrons. The van der Waals surface area contributed by atoms with E-state index < -0.39 is 0 Å². The van der Waals surface area contributed by atoms with Crippen molar-refractivity contribution in [3.63, 3.8) is 0 Å². The van der Waals surface area contributed by atoms with Crippen molar-refractivity contribution >= 4 is 17.6 Å². The molecule has 5 heteroatoms. The second-order valence-corrected chi connectivity index (χ2v) is 3.79. The fourth-order valence-electron chi connectivity index (χ4n) is 1.64. The van der Waals surface area contributed by atoms with Crippen molar-refractivity contribution in [1.82, 2.24) is 0 Å². The quantitative estimate of drug-likeness (QED) is 0.607. The topological polar surface area (TPSA) is 59.3 Å². The van der Waals surface area contributed by atoms with Gasteiger partial charge in [-0.05, 0) is 12.5 Å². The van der Waals surface area contributed by atoms with Crippen LogP contribution in [0.3, 0.4) is 0 Å². The highest BCUT2D eigenvalue weighted by molar-refractivity contribution is 6.17. The maximum atomic E-state index is 11.4. The van der Waals surface area contributed by atoms with Gasteiger partial charge in [-0.15, -0.1) is 11.6 Å². The Balaban J connectivity index is 3.14. The Morgan fingerprint density at radius 2 is 2.11 bits per heavy atom. The van der Waals surface area contributed by atoms with Crippen LogP contribution in [0, 0.1) is 11.3 Å². The fourth-order valence-corrected chi connectivity index (χ4v) is 1.85. The number of methoxy groups -OCH3 is 1. The molecule has 0 aliphatic rings. The first-order chi connectivity index (χ1) is 8.67. The van der Waals surface area contributed by atoms with Crippen LogP contribution in [-0.4, -0.2) is 19.7 Å². The van der Waals surface area contributed by atoms with E-state index in [9.17, 15) is 4.79 Å². The molecule has 0 fully saturated rings. The van der Waals surface area contributed by atoms with Gasteiger partial charge in [0.25, 0.3) is 0 Å². The third-order valence-corrected chi connectivity index (χ3v) is 2.71. The normalized spacial score (nSPS) is 9.67. The number of nitrogens with zero attached hydrogens (tertiary/aromatic N) is 1. The van der Waals surface area contributed by atoms with Gasteiger partial charge in [-0.3, -0.25) is 4.79 Å². The van der Waals surface area contributed by atoms with E-state index in [0.29, 0.717) is 23.5 Å². The van der Waals surface area contributed by atoms with Crippen LogP contribution in [-0.2, 0) is 21.8 Å². The largest absolute Gasteiger partial charge is 0.495 e. The molecule has 96 valence electrons. The van der Waals surface area contributed by atoms with Gasteiger partial charge in [0.1, 0.15) is 11.8 Å². The number of hydrogen-bond donors (Lipinski definition) is 0. The number of benzene rings is 1. The summed E-state index contributed by atoms with van der Waals surface area (Å²) in [5.74, 6) is 0.307. The molecule has 0 aliphatic heterocycles. The molecular weight excluding hydrogens is 254 g/mol. The molecule has 1 rings (SSSR count). The van der Waals surface area contributed by atoms with E-state index in [0.717, 1.165) is 5.56 Å². The molecule has 18 heavy (non-hydrogen) atoms. The molecular formula is C13H14ClNO3. The molecule has 0 aliphatic carbocycles. The molecule has 1 aromatic carbocycles. The van der Waals surface area contributed by atoms with Gasteiger partial charge >= 0.3 is 5.97 Å². The van der Waals surface area contributed by atoms with E-state index in [2.05, 4.69) is 0 Å². The van der Waals surface area contributed by atoms with Crippen LogP contribution in [0.25, 0.3) is 0 Å². The maximum Gasteiger partial charge on any atom is 0.310 e. The van der Waals surface area contributed by atoms with Gasteiger partial charge in [0.2, 0.25) is 0 Å².